The first-order chi connectivity index (χ1) is 11.5. The fourth-order valence-electron chi connectivity index (χ4n) is 2.93. The van der Waals surface area contributed by atoms with E-state index in [0.717, 1.165) is 27.8 Å². The number of nitriles is 2. The van der Waals surface area contributed by atoms with Crippen LogP contribution in [0.25, 0.3) is 17.2 Å². The molecule has 5 heteroatoms. The van der Waals surface area contributed by atoms with Gasteiger partial charge in [-0.1, -0.05) is 12.1 Å². The lowest BCUT2D eigenvalue weighted by Gasteiger charge is -2.11. The zero-order valence-electron chi connectivity index (χ0n) is 13.3. The van der Waals surface area contributed by atoms with Crippen molar-refractivity contribution in [1.29, 1.82) is 10.5 Å². The van der Waals surface area contributed by atoms with E-state index in [2.05, 4.69) is 17.1 Å². The van der Waals surface area contributed by atoms with Gasteiger partial charge in [0.1, 0.15) is 23.7 Å². The van der Waals surface area contributed by atoms with Crippen LogP contribution in [-0.2, 0) is 0 Å². The maximum atomic E-state index is 9.50. The average Bonchev–Trinajstić information content (AvgIpc) is 2.81. The SMILES string of the molecule is CC1=C(C#N)c2nc(N)c(C#N)c(C)c2C1=Cc1ccc(O)cc1. The largest absolute Gasteiger partial charge is 0.508 e. The summed E-state index contributed by atoms with van der Waals surface area (Å²) in [5.41, 5.74) is 11.2. The Bertz CT molecular complexity index is 1000. The molecule has 0 unspecified atom stereocenters. The fraction of sp³-hybridized carbons (Fsp3) is 0.105. The minimum Gasteiger partial charge on any atom is -0.508 e. The molecular formula is C19H14N4O. The zero-order chi connectivity index (χ0) is 17.4. The Morgan fingerprint density at radius 2 is 1.79 bits per heavy atom. The number of benzene rings is 1. The molecule has 0 radical (unpaired) electrons. The van der Waals surface area contributed by atoms with Gasteiger partial charge in [0.2, 0.25) is 0 Å². The van der Waals surface area contributed by atoms with Crippen LogP contribution in [0.4, 0.5) is 5.82 Å². The van der Waals surface area contributed by atoms with E-state index in [0.29, 0.717) is 16.8 Å². The van der Waals surface area contributed by atoms with Crippen LogP contribution in [0.5, 0.6) is 5.75 Å². The number of nitrogen functional groups attached to an aromatic ring is 1. The maximum Gasteiger partial charge on any atom is 0.142 e. The molecule has 1 aromatic heterocycles. The minimum atomic E-state index is 0.139. The second-order valence-corrected chi connectivity index (χ2v) is 5.59. The summed E-state index contributed by atoms with van der Waals surface area (Å²) in [4.78, 5) is 4.29. The van der Waals surface area contributed by atoms with Crippen LogP contribution >= 0.6 is 0 Å². The molecule has 1 aliphatic rings. The highest BCUT2D eigenvalue weighted by Gasteiger charge is 2.29. The van der Waals surface area contributed by atoms with E-state index >= 15 is 0 Å². The second kappa shape index (κ2) is 5.57. The third kappa shape index (κ3) is 2.20. The number of hydrogen-bond acceptors (Lipinski definition) is 5. The summed E-state index contributed by atoms with van der Waals surface area (Å²) >= 11 is 0. The molecule has 0 saturated heterocycles. The van der Waals surface area contributed by atoms with Crippen LogP contribution in [0.1, 0.15) is 34.9 Å². The molecule has 2 aromatic rings. The summed E-state index contributed by atoms with van der Waals surface area (Å²) in [5.74, 6) is 0.325. The van der Waals surface area contributed by atoms with Crippen molar-refractivity contribution in [3.8, 4) is 17.9 Å². The third-order valence-corrected chi connectivity index (χ3v) is 4.19. The summed E-state index contributed by atoms with van der Waals surface area (Å²) < 4.78 is 0. The van der Waals surface area contributed by atoms with E-state index in [1.165, 1.54) is 0 Å². The summed E-state index contributed by atoms with van der Waals surface area (Å²) in [6, 6.07) is 11.0. The fourth-order valence-corrected chi connectivity index (χ4v) is 2.93. The first-order valence-electron chi connectivity index (χ1n) is 7.31. The molecule has 5 nitrogen and oxygen atoms in total. The van der Waals surface area contributed by atoms with Gasteiger partial charge in [-0.25, -0.2) is 4.98 Å². The molecule has 24 heavy (non-hydrogen) atoms. The second-order valence-electron chi connectivity index (χ2n) is 5.59. The van der Waals surface area contributed by atoms with E-state index in [1.54, 1.807) is 24.3 Å². The number of nitrogens with zero attached hydrogens (tertiary/aromatic N) is 3. The molecule has 3 N–H and O–H groups in total. The molecule has 0 spiro atoms. The standard InChI is InChI=1S/C19H14N4O/c1-10-14(7-12-3-5-13(24)6-4-12)17-11(2)16(9-21)19(22)23-18(17)15(10)8-20/h3-7,24H,1-2H3,(H2,22,23). The monoisotopic (exact) mass is 314 g/mol. The summed E-state index contributed by atoms with van der Waals surface area (Å²) in [5, 5.41) is 28.2. The van der Waals surface area contributed by atoms with Gasteiger partial charge in [0.15, 0.2) is 0 Å². The molecular weight excluding hydrogens is 300 g/mol. The predicted octanol–water partition coefficient (Wildman–Crippen LogP) is 3.40. The van der Waals surface area contributed by atoms with Crippen molar-refractivity contribution in [3.05, 3.63) is 57.8 Å². The summed E-state index contributed by atoms with van der Waals surface area (Å²) in [6.07, 6.45) is 1.92. The Hall–Kier alpha value is -3.57. The summed E-state index contributed by atoms with van der Waals surface area (Å²) in [7, 11) is 0. The van der Waals surface area contributed by atoms with Gasteiger partial charge < -0.3 is 10.8 Å². The molecule has 0 saturated carbocycles. The quantitative estimate of drug-likeness (QED) is 0.839. The molecule has 1 heterocycles. The van der Waals surface area contributed by atoms with Crippen LogP contribution < -0.4 is 5.73 Å². The molecule has 1 aliphatic carbocycles. The average molecular weight is 314 g/mol. The molecule has 0 atom stereocenters. The van der Waals surface area contributed by atoms with Gasteiger partial charge in [-0.2, -0.15) is 10.5 Å². The van der Waals surface area contributed by atoms with Crippen molar-refractivity contribution in [3.63, 3.8) is 0 Å². The number of phenols is 1. The van der Waals surface area contributed by atoms with Gasteiger partial charge >= 0.3 is 0 Å². The predicted molar refractivity (Wildman–Crippen MR) is 92.3 cm³/mol. The summed E-state index contributed by atoms with van der Waals surface area (Å²) in [6.45, 7) is 3.67. The van der Waals surface area contributed by atoms with Gasteiger partial charge in [-0.05, 0) is 54.3 Å². The van der Waals surface area contributed by atoms with Crippen molar-refractivity contribution < 1.29 is 5.11 Å². The van der Waals surface area contributed by atoms with E-state index in [9.17, 15) is 15.6 Å². The first kappa shape index (κ1) is 15.3. The van der Waals surface area contributed by atoms with Gasteiger partial charge in [0, 0.05) is 5.56 Å². The van der Waals surface area contributed by atoms with E-state index in [-0.39, 0.29) is 11.6 Å². The van der Waals surface area contributed by atoms with Gasteiger partial charge in [-0.15, -0.1) is 0 Å². The molecule has 1 aromatic carbocycles. The number of hydrogen-bond donors (Lipinski definition) is 2. The lowest BCUT2D eigenvalue weighted by atomic mass is 9.95. The number of aromatic nitrogens is 1. The molecule has 0 amide bonds. The zero-order valence-corrected chi connectivity index (χ0v) is 13.3. The highest BCUT2D eigenvalue weighted by molar-refractivity contribution is 6.08. The van der Waals surface area contributed by atoms with Crippen LogP contribution in [0, 0.1) is 29.6 Å². The number of rotatable bonds is 1. The van der Waals surface area contributed by atoms with Crippen LogP contribution in [0.2, 0.25) is 0 Å². The normalized spacial score (nSPS) is 14.4. The van der Waals surface area contributed by atoms with Gasteiger partial charge in [0.25, 0.3) is 0 Å². The highest BCUT2D eigenvalue weighted by atomic mass is 16.3. The Balaban J connectivity index is 2.31. The van der Waals surface area contributed by atoms with E-state index < -0.39 is 0 Å². The molecule has 116 valence electrons. The van der Waals surface area contributed by atoms with E-state index in [4.69, 9.17) is 5.73 Å². The first-order valence-corrected chi connectivity index (χ1v) is 7.31. The Morgan fingerprint density at radius 1 is 1.12 bits per heavy atom. The van der Waals surface area contributed by atoms with Gasteiger partial charge in [0.05, 0.1) is 16.8 Å². The lowest BCUT2D eigenvalue weighted by Crippen LogP contribution is -2.03. The van der Waals surface area contributed by atoms with Crippen molar-refractivity contribution >= 4 is 23.0 Å². The van der Waals surface area contributed by atoms with E-state index in [1.807, 2.05) is 19.9 Å². The minimum absolute atomic E-state index is 0.139. The maximum absolute atomic E-state index is 9.50. The Morgan fingerprint density at radius 3 is 2.38 bits per heavy atom. The van der Waals surface area contributed by atoms with Crippen molar-refractivity contribution in [1.82, 2.24) is 4.98 Å². The van der Waals surface area contributed by atoms with Crippen LogP contribution in [0.3, 0.4) is 0 Å². The number of pyridine rings is 1. The Labute approximate surface area is 139 Å². The number of aromatic hydroxyl groups is 1. The lowest BCUT2D eigenvalue weighted by molar-refractivity contribution is 0.475. The number of fused-ring (bicyclic) bond motifs is 1. The number of allylic oxidation sites excluding steroid dienone is 3. The Kier molecular flexibility index (Phi) is 3.56. The van der Waals surface area contributed by atoms with Crippen LogP contribution in [-0.4, -0.2) is 10.1 Å². The smallest absolute Gasteiger partial charge is 0.142 e. The number of phenolic OH excluding ortho intramolecular Hbond substituents is 1. The van der Waals surface area contributed by atoms with Crippen molar-refractivity contribution in [2.45, 2.75) is 13.8 Å². The van der Waals surface area contributed by atoms with Crippen LogP contribution in [0.15, 0.2) is 29.8 Å². The third-order valence-electron chi connectivity index (χ3n) is 4.19. The molecule has 0 bridgehead atoms. The number of nitrogens with two attached hydrogens (primary N) is 1. The number of anilines is 1. The van der Waals surface area contributed by atoms with Crippen molar-refractivity contribution in [2.24, 2.45) is 0 Å². The molecule has 3 rings (SSSR count). The molecule has 0 aliphatic heterocycles. The highest BCUT2D eigenvalue weighted by Crippen LogP contribution is 2.44. The van der Waals surface area contributed by atoms with Gasteiger partial charge in [-0.3, -0.25) is 0 Å². The topological polar surface area (TPSA) is 107 Å². The van der Waals surface area contributed by atoms with Crippen molar-refractivity contribution in [2.75, 3.05) is 5.73 Å². The molecule has 0 fully saturated rings.